The van der Waals surface area contributed by atoms with E-state index in [4.69, 9.17) is 17.3 Å². The average molecular weight is 282 g/mol. The summed E-state index contributed by atoms with van der Waals surface area (Å²) in [6.45, 7) is 7.64. The Morgan fingerprint density at radius 1 is 1.26 bits per heavy atom. The maximum atomic E-state index is 12.4. The Morgan fingerprint density at radius 3 is 2.47 bits per heavy atom. The number of nitrogens with two attached hydrogens (primary N) is 1. The van der Waals surface area contributed by atoms with Crippen LogP contribution in [0.2, 0.25) is 5.02 Å². The monoisotopic (exact) mass is 281 g/mol. The summed E-state index contributed by atoms with van der Waals surface area (Å²) in [6, 6.07) is 5.55. The van der Waals surface area contributed by atoms with Gasteiger partial charge in [0, 0.05) is 42.9 Å². The third kappa shape index (κ3) is 3.19. The summed E-state index contributed by atoms with van der Waals surface area (Å²) < 4.78 is 0. The van der Waals surface area contributed by atoms with Crippen LogP contribution in [-0.4, -0.2) is 47.9 Å². The van der Waals surface area contributed by atoms with Gasteiger partial charge in [-0.15, -0.1) is 0 Å². The van der Waals surface area contributed by atoms with Gasteiger partial charge in [-0.05, 0) is 32.0 Å². The number of benzene rings is 1. The fraction of sp³-hybridized carbons (Fsp3) is 0.500. The van der Waals surface area contributed by atoms with E-state index in [1.54, 1.807) is 18.2 Å². The minimum atomic E-state index is -0.0246. The van der Waals surface area contributed by atoms with Gasteiger partial charge in [-0.25, -0.2) is 0 Å². The number of carbonyl (C=O) groups excluding carboxylic acids is 1. The van der Waals surface area contributed by atoms with Crippen molar-refractivity contribution in [2.24, 2.45) is 0 Å². The second-order valence-electron chi connectivity index (χ2n) is 5.15. The smallest absolute Gasteiger partial charge is 0.256 e. The minimum Gasteiger partial charge on any atom is -0.398 e. The van der Waals surface area contributed by atoms with Gasteiger partial charge >= 0.3 is 0 Å². The number of hydrogen-bond donors (Lipinski definition) is 1. The van der Waals surface area contributed by atoms with E-state index in [9.17, 15) is 4.79 Å². The molecule has 104 valence electrons. The lowest BCUT2D eigenvalue weighted by molar-refractivity contribution is 0.0596. The average Bonchev–Trinajstić information content (AvgIpc) is 2.41. The van der Waals surface area contributed by atoms with Crippen LogP contribution in [0.15, 0.2) is 18.2 Å². The highest BCUT2D eigenvalue weighted by molar-refractivity contribution is 6.31. The van der Waals surface area contributed by atoms with Crippen molar-refractivity contribution in [1.82, 2.24) is 9.80 Å². The molecule has 1 aromatic rings. The van der Waals surface area contributed by atoms with E-state index in [0.717, 1.165) is 26.2 Å². The van der Waals surface area contributed by atoms with Crippen LogP contribution in [-0.2, 0) is 0 Å². The highest BCUT2D eigenvalue weighted by Gasteiger charge is 2.24. The van der Waals surface area contributed by atoms with Crippen LogP contribution in [0, 0.1) is 0 Å². The van der Waals surface area contributed by atoms with Gasteiger partial charge in [0.2, 0.25) is 0 Å². The topological polar surface area (TPSA) is 49.6 Å². The largest absolute Gasteiger partial charge is 0.398 e. The second kappa shape index (κ2) is 5.80. The molecule has 1 heterocycles. The molecule has 0 radical (unpaired) electrons. The Hall–Kier alpha value is -1.26. The number of nitrogen functional groups attached to an aromatic ring is 1. The second-order valence-corrected chi connectivity index (χ2v) is 5.59. The predicted octanol–water partition coefficient (Wildman–Crippen LogP) is 2.09. The molecular weight excluding hydrogens is 262 g/mol. The molecule has 1 saturated heterocycles. The molecule has 0 bridgehead atoms. The molecule has 1 fully saturated rings. The third-order valence-electron chi connectivity index (χ3n) is 3.58. The van der Waals surface area contributed by atoms with Gasteiger partial charge < -0.3 is 10.6 Å². The first kappa shape index (κ1) is 14.2. The van der Waals surface area contributed by atoms with Crippen LogP contribution in [0.25, 0.3) is 0 Å². The van der Waals surface area contributed by atoms with Crippen molar-refractivity contribution in [1.29, 1.82) is 0 Å². The lowest BCUT2D eigenvalue weighted by Crippen LogP contribution is -2.50. The number of carbonyl (C=O) groups is 1. The van der Waals surface area contributed by atoms with Crippen LogP contribution in [0.3, 0.4) is 0 Å². The molecule has 0 aliphatic carbocycles. The maximum absolute atomic E-state index is 12.4. The van der Waals surface area contributed by atoms with Crippen molar-refractivity contribution >= 4 is 23.2 Å². The molecule has 2 rings (SSSR count). The number of piperazine rings is 1. The summed E-state index contributed by atoms with van der Waals surface area (Å²) in [6.07, 6.45) is 0. The van der Waals surface area contributed by atoms with Crippen molar-refractivity contribution in [2.75, 3.05) is 31.9 Å². The number of halogens is 1. The first-order valence-electron chi connectivity index (χ1n) is 6.57. The van der Waals surface area contributed by atoms with E-state index in [2.05, 4.69) is 18.7 Å². The lowest BCUT2D eigenvalue weighted by atomic mass is 10.1. The van der Waals surface area contributed by atoms with Crippen molar-refractivity contribution in [2.45, 2.75) is 19.9 Å². The number of hydrogen-bond acceptors (Lipinski definition) is 3. The van der Waals surface area contributed by atoms with Crippen LogP contribution in [0.5, 0.6) is 0 Å². The number of nitrogens with zero attached hydrogens (tertiary/aromatic N) is 2. The Morgan fingerprint density at radius 2 is 1.89 bits per heavy atom. The summed E-state index contributed by atoms with van der Waals surface area (Å²) in [5, 5.41) is 0.540. The van der Waals surface area contributed by atoms with Gasteiger partial charge in [0.15, 0.2) is 0 Å². The molecule has 1 aromatic carbocycles. The predicted molar refractivity (Wildman–Crippen MR) is 78.5 cm³/mol. The third-order valence-corrected chi connectivity index (χ3v) is 3.81. The highest BCUT2D eigenvalue weighted by atomic mass is 35.5. The molecule has 5 heteroatoms. The fourth-order valence-corrected chi connectivity index (χ4v) is 2.50. The van der Waals surface area contributed by atoms with Gasteiger partial charge in [0.25, 0.3) is 5.91 Å². The molecule has 0 saturated carbocycles. The van der Waals surface area contributed by atoms with Crippen molar-refractivity contribution in [3.63, 3.8) is 0 Å². The minimum absolute atomic E-state index is 0.0246. The SMILES string of the molecule is CC(C)N1CCN(C(=O)c2cc(Cl)ccc2N)CC1. The number of rotatable bonds is 2. The molecule has 0 unspecified atom stereocenters. The van der Waals surface area contributed by atoms with Gasteiger partial charge in [-0.1, -0.05) is 11.6 Å². The van der Waals surface area contributed by atoms with Gasteiger partial charge in [-0.2, -0.15) is 0 Å². The van der Waals surface area contributed by atoms with Crippen molar-refractivity contribution in [3.8, 4) is 0 Å². The van der Waals surface area contributed by atoms with E-state index in [-0.39, 0.29) is 5.91 Å². The molecule has 0 spiro atoms. The summed E-state index contributed by atoms with van der Waals surface area (Å²) >= 11 is 5.93. The van der Waals surface area contributed by atoms with E-state index in [1.807, 2.05) is 4.90 Å². The summed E-state index contributed by atoms with van der Waals surface area (Å²) in [4.78, 5) is 16.6. The molecule has 0 aromatic heterocycles. The van der Waals surface area contributed by atoms with Crippen molar-refractivity contribution < 1.29 is 4.79 Å². The standard InChI is InChI=1S/C14H20ClN3O/c1-10(2)17-5-7-18(8-6-17)14(19)12-9-11(15)3-4-13(12)16/h3-4,9-10H,5-8,16H2,1-2H3. The molecule has 1 amide bonds. The van der Waals surface area contributed by atoms with Crippen LogP contribution in [0.1, 0.15) is 24.2 Å². The quantitative estimate of drug-likeness (QED) is 0.845. The molecule has 1 aliphatic rings. The van der Waals surface area contributed by atoms with E-state index >= 15 is 0 Å². The first-order valence-corrected chi connectivity index (χ1v) is 6.95. The normalized spacial score (nSPS) is 16.9. The molecule has 19 heavy (non-hydrogen) atoms. The van der Waals surface area contributed by atoms with Gasteiger partial charge in [0.05, 0.1) is 5.56 Å². The molecule has 4 nitrogen and oxygen atoms in total. The Labute approximate surface area is 119 Å². The molecule has 2 N–H and O–H groups in total. The fourth-order valence-electron chi connectivity index (χ4n) is 2.33. The lowest BCUT2D eigenvalue weighted by Gasteiger charge is -2.37. The van der Waals surface area contributed by atoms with E-state index in [0.29, 0.717) is 22.3 Å². The van der Waals surface area contributed by atoms with Gasteiger partial charge in [-0.3, -0.25) is 9.69 Å². The van der Waals surface area contributed by atoms with Crippen molar-refractivity contribution in [3.05, 3.63) is 28.8 Å². The molecule has 1 aliphatic heterocycles. The molecule has 0 atom stereocenters. The van der Waals surface area contributed by atoms with Crippen LogP contribution >= 0.6 is 11.6 Å². The molecular formula is C14H20ClN3O. The maximum Gasteiger partial charge on any atom is 0.256 e. The van der Waals surface area contributed by atoms with E-state index in [1.165, 1.54) is 0 Å². The number of amides is 1. The summed E-state index contributed by atoms with van der Waals surface area (Å²) in [7, 11) is 0. The van der Waals surface area contributed by atoms with Crippen LogP contribution in [0.4, 0.5) is 5.69 Å². The zero-order valence-electron chi connectivity index (χ0n) is 11.4. The zero-order valence-corrected chi connectivity index (χ0v) is 12.2. The Kier molecular flexibility index (Phi) is 4.32. The first-order chi connectivity index (χ1) is 8.99. The Balaban J connectivity index is 2.07. The van der Waals surface area contributed by atoms with Gasteiger partial charge in [0.1, 0.15) is 0 Å². The summed E-state index contributed by atoms with van der Waals surface area (Å²) in [5.74, 6) is -0.0246. The highest BCUT2D eigenvalue weighted by Crippen LogP contribution is 2.20. The van der Waals surface area contributed by atoms with E-state index < -0.39 is 0 Å². The summed E-state index contributed by atoms with van der Waals surface area (Å²) in [5.41, 5.74) is 6.85. The Bertz CT molecular complexity index is 468. The zero-order chi connectivity index (χ0) is 14.0. The number of anilines is 1. The van der Waals surface area contributed by atoms with Crippen LogP contribution < -0.4 is 5.73 Å².